The maximum atomic E-state index is 12.8. The molecule has 1 aromatic carbocycles. The number of fused-ring (bicyclic) bond motifs is 1. The number of ether oxygens (including phenoxy) is 2. The zero-order valence-electron chi connectivity index (χ0n) is 15.6. The van der Waals surface area contributed by atoms with Crippen LogP contribution in [0.5, 0.6) is 11.5 Å². The SMILES string of the molecule is COc1ccc(NC(=O)c2cc(C)n3nc(-c4cccs4)cc3n2)c(OC)c1. The lowest BCUT2D eigenvalue weighted by atomic mass is 10.2. The molecule has 0 aliphatic rings. The van der Waals surface area contributed by atoms with E-state index in [2.05, 4.69) is 15.4 Å². The quantitative estimate of drug-likeness (QED) is 0.553. The summed E-state index contributed by atoms with van der Waals surface area (Å²) in [5.41, 5.74) is 3.12. The number of rotatable bonds is 5. The average Bonchev–Trinajstić information content (AvgIpc) is 3.37. The van der Waals surface area contributed by atoms with Crippen LogP contribution in [0.15, 0.2) is 47.8 Å². The number of hydrogen-bond acceptors (Lipinski definition) is 6. The second-order valence-corrected chi connectivity index (χ2v) is 7.03. The Labute approximate surface area is 165 Å². The second kappa shape index (κ2) is 7.32. The van der Waals surface area contributed by atoms with Gasteiger partial charge in [0.1, 0.15) is 22.9 Å². The van der Waals surface area contributed by atoms with Gasteiger partial charge in [-0.3, -0.25) is 4.79 Å². The summed E-state index contributed by atoms with van der Waals surface area (Å²) in [5.74, 6) is 0.827. The van der Waals surface area contributed by atoms with E-state index in [1.807, 2.05) is 30.5 Å². The van der Waals surface area contributed by atoms with Crippen molar-refractivity contribution in [3.8, 4) is 22.1 Å². The van der Waals surface area contributed by atoms with Crippen molar-refractivity contribution in [1.82, 2.24) is 14.6 Å². The number of aromatic nitrogens is 3. The van der Waals surface area contributed by atoms with Crippen molar-refractivity contribution in [2.24, 2.45) is 0 Å². The normalized spacial score (nSPS) is 10.8. The largest absolute Gasteiger partial charge is 0.497 e. The fourth-order valence-corrected chi connectivity index (χ4v) is 3.56. The lowest BCUT2D eigenvalue weighted by molar-refractivity contribution is 0.102. The molecule has 4 aromatic rings. The molecule has 0 saturated heterocycles. The summed E-state index contributed by atoms with van der Waals surface area (Å²) in [6.45, 7) is 1.89. The molecule has 28 heavy (non-hydrogen) atoms. The molecule has 3 heterocycles. The summed E-state index contributed by atoms with van der Waals surface area (Å²) in [6, 6.07) is 12.8. The Balaban J connectivity index is 1.66. The summed E-state index contributed by atoms with van der Waals surface area (Å²) in [7, 11) is 3.11. The Morgan fingerprint density at radius 1 is 1.14 bits per heavy atom. The predicted molar refractivity (Wildman–Crippen MR) is 109 cm³/mol. The van der Waals surface area contributed by atoms with Gasteiger partial charge in [0.2, 0.25) is 0 Å². The van der Waals surface area contributed by atoms with Gasteiger partial charge in [0, 0.05) is 17.8 Å². The monoisotopic (exact) mass is 394 g/mol. The Morgan fingerprint density at radius 3 is 2.71 bits per heavy atom. The number of benzene rings is 1. The third kappa shape index (κ3) is 3.29. The van der Waals surface area contributed by atoms with Crippen LogP contribution in [0.3, 0.4) is 0 Å². The first-order chi connectivity index (χ1) is 13.6. The van der Waals surface area contributed by atoms with Crippen LogP contribution in [-0.2, 0) is 0 Å². The topological polar surface area (TPSA) is 77.8 Å². The van der Waals surface area contributed by atoms with E-state index in [1.165, 1.54) is 7.11 Å². The molecule has 3 aromatic heterocycles. The minimum atomic E-state index is -0.326. The van der Waals surface area contributed by atoms with E-state index >= 15 is 0 Å². The Morgan fingerprint density at radius 2 is 2.00 bits per heavy atom. The molecule has 8 heteroatoms. The zero-order valence-corrected chi connectivity index (χ0v) is 16.4. The van der Waals surface area contributed by atoms with Gasteiger partial charge in [-0.15, -0.1) is 11.3 Å². The molecule has 0 spiro atoms. The van der Waals surface area contributed by atoms with Crippen molar-refractivity contribution in [1.29, 1.82) is 0 Å². The van der Waals surface area contributed by atoms with Crippen molar-refractivity contribution in [3.05, 3.63) is 59.2 Å². The van der Waals surface area contributed by atoms with E-state index in [-0.39, 0.29) is 5.91 Å². The van der Waals surface area contributed by atoms with E-state index in [9.17, 15) is 4.79 Å². The highest BCUT2D eigenvalue weighted by atomic mass is 32.1. The fourth-order valence-electron chi connectivity index (χ4n) is 2.87. The molecular formula is C20H18N4O3S. The van der Waals surface area contributed by atoms with Crippen LogP contribution >= 0.6 is 11.3 Å². The lowest BCUT2D eigenvalue weighted by Crippen LogP contribution is -2.15. The molecule has 0 atom stereocenters. The van der Waals surface area contributed by atoms with Crippen LogP contribution in [0.4, 0.5) is 5.69 Å². The van der Waals surface area contributed by atoms with Gasteiger partial charge in [-0.05, 0) is 36.6 Å². The fraction of sp³-hybridized carbons (Fsp3) is 0.150. The van der Waals surface area contributed by atoms with E-state index in [0.717, 1.165) is 16.3 Å². The maximum Gasteiger partial charge on any atom is 0.274 e. The number of anilines is 1. The van der Waals surface area contributed by atoms with Crippen LogP contribution < -0.4 is 14.8 Å². The van der Waals surface area contributed by atoms with Crippen molar-refractivity contribution >= 4 is 28.6 Å². The van der Waals surface area contributed by atoms with Crippen LogP contribution in [-0.4, -0.2) is 34.7 Å². The minimum absolute atomic E-state index is 0.306. The zero-order chi connectivity index (χ0) is 19.7. The molecule has 0 saturated carbocycles. The number of amides is 1. The Kier molecular flexibility index (Phi) is 4.70. The van der Waals surface area contributed by atoms with Gasteiger partial charge in [-0.2, -0.15) is 5.10 Å². The summed E-state index contributed by atoms with van der Waals surface area (Å²) in [5, 5.41) is 9.43. The molecule has 0 bridgehead atoms. The van der Waals surface area contributed by atoms with Crippen molar-refractivity contribution in [2.75, 3.05) is 19.5 Å². The highest BCUT2D eigenvalue weighted by Gasteiger charge is 2.16. The molecule has 7 nitrogen and oxygen atoms in total. The lowest BCUT2D eigenvalue weighted by Gasteiger charge is -2.11. The molecule has 142 valence electrons. The molecule has 0 aliphatic heterocycles. The molecule has 0 unspecified atom stereocenters. The van der Waals surface area contributed by atoms with Gasteiger partial charge in [0.15, 0.2) is 5.65 Å². The highest BCUT2D eigenvalue weighted by Crippen LogP contribution is 2.29. The first-order valence-electron chi connectivity index (χ1n) is 8.53. The number of nitrogens with one attached hydrogen (secondary N) is 1. The summed E-state index contributed by atoms with van der Waals surface area (Å²) < 4.78 is 12.3. The molecule has 0 fully saturated rings. The number of carbonyl (C=O) groups excluding carboxylic acids is 1. The van der Waals surface area contributed by atoms with Crippen molar-refractivity contribution < 1.29 is 14.3 Å². The molecule has 4 rings (SSSR count). The number of hydrogen-bond donors (Lipinski definition) is 1. The third-order valence-electron chi connectivity index (χ3n) is 4.27. The van der Waals surface area contributed by atoms with Gasteiger partial charge in [0.25, 0.3) is 5.91 Å². The third-order valence-corrected chi connectivity index (χ3v) is 5.16. The smallest absolute Gasteiger partial charge is 0.274 e. The van der Waals surface area contributed by atoms with Gasteiger partial charge in [0.05, 0.1) is 24.8 Å². The molecule has 0 radical (unpaired) electrons. The molecule has 1 amide bonds. The van der Waals surface area contributed by atoms with Crippen molar-refractivity contribution in [2.45, 2.75) is 6.92 Å². The van der Waals surface area contributed by atoms with E-state index in [0.29, 0.717) is 28.5 Å². The van der Waals surface area contributed by atoms with Gasteiger partial charge >= 0.3 is 0 Å². The first kappa shape index (κ1) is 18.0. The first-order valence-corrected chi connectivity index (χ1v) is 9.41. The van der Waals surface area contributed by atoms with E-state index in [4.69, 9.17) is 9.47 Å². The van der Waals surface area contributed by atoms with Gasteiger partial charge in [-0.1, -0.05) is 6.07 Å². The Bertz CT molecular complexity index is 1150. The highest BCUT2D eigenvalue weighted by molar-refractivity contribution is 7.13. The molecule has 1 N–H and O–H groups in total. The van der Waals surface area contributed by atoms with E-state index in [1.54, 1.807) is 47.2 Å². The maximum absolute atomic E-state index is 12.8. The van der Waals surface area contributed by atoms with Crippen LogP contribution in [0.2, 0.25) is 0 Å². The van der Waals surface area contributed by atoms with Crippen molar-refractivity contribution in [3.63, 3.8) is 0 Å². The Hall–Kier alpha value is -3.39. The number of methoxy groups -OCH3 is 2. The number of nitrogens with zero attached hydrogens (tertiary/aromatic N) is 3. The summed E-state index contributed by atoms with van der Waals surface area (Å²) in [6.07, 6.45) is 0. The predicted octanol–water partition coefficient (Wildman–Crippen LogP) is 4.04. The summed E-state index contributed by atoms with van der Waals surface area (Å²) in [4.78, 5) is 18.3. The van der Waals surface area contributed by atoms with Crippen LogP contribution in [0.25, 0.3) is 16.2 Å². The van der Waals surface area contributed by atoms with Gasteiger partial charge in [-0.25, -0.2) is 9.50 Å². The molecular weight excluding hydrogens is 376 g/mol. The minimum Gasteiger partial charge on any atom is -0.497 e. The number of thiophene rings is 1. The van der Waals surface area contributed by atoms with Crippen LogP contribution in [0, 0.1) is 6.92 Å². The second-order valence-electron chi connectivity index (χ2n) is 6.08. The number of aryl methyl sites for hydroxylation is 1. The van der Waals surface area contributed by atoms with Gasteiger partial charge < -0.3 is 14.8 Å². The average molecular weight is 394 g/mol. The van der Waals surface area contributed by atoms with Crippen LogP contribution in [0.1, 0.15) is 16.2 Å². The van der Waals surface area contributed by atoms with E-state index < -0.39 is 0 Å². The molecule has 0 aliphatic carbocycles. The summed E-state index contributed by atoms with van der Waals surface area (Å²) >= 11 is 1.61. The number of carbonyl (C=O) groups is 1. The standard InChI is InChI=1S/C20H18N4O3S/c1-12-9-16(20(25)22-14-7-6-13(26-2)10-17(14)27-3)21-19-11-15(23-24(12)19)18-5-4-8-28-18/h4-11H,1-3H3,(H,22,25).